The first-order valence-corrected chi connectivity index (χ1v) is 6.65. The van der Waals surface area contributed by atoms with Crippen LogP contribution in [0.2, 0.25) is 0 Å². The number of carbonyl (C=O) groups excluding carboxylic acids is 1. The maximum atomic E-state index is 11.4. The van der Waals surface area contributed by atoms with Gasteiger partial charge in [0.25, 0.3) is 5.91 Å². The Kier molecular flexibility index (Phi) is 3.57. The van der Waals surface area contributed by atoms with Crippen LogP contribution in [0.25, 0.3) is 22.4 Å². The molecule has 1 aromatic heterocycles. The number of ether oxygens (including phenoxy) is 1. The number of amides is 1. The van der Waals surface area contributed by atoms with Crippen LogP contribution in [0.3, 0.4) is 0 Å². The fourth-order valence-electron chi connectivity index (χ4n) is 2.32. The van der Waals surface area contributed by atoms with Gasteiger partial charge >= 0.3 is 0 Å². The fraction of sp³-hybridized carbons (Fsp3) is 0.0625. The zero-order chi connectivity index (χ0) is 15.5. The number of nitrogens with one attached hydrogen (secondary N) is 1. The third kappa shape index (κ3) is 2.42. The van der Waals surface area contributed by atoms with E-state index in [0.717, 1.165) is 22.4 Å². The van der Waals surface area contributed by atoms with E-state index in [4.69, 9.17) is 10.5 Å². The molecule has 0 aliphatic heterocycles. The second kappa shape index (κ2) is 5.69. The molecule has 0 saturated heterocycles. The van der Waals surface area contributed by atoms with E-state index in [1.54, 1.807) is 7.11 Å². The number of hydrogen-bond donors (Lipinski definition) is 2. The fourth-order valence-corrected chi connectivity index (χ4v) is 2.32. The van der Waals surface area contributed by atoms with E-state index in [1.807, 2.05) is 48.5 Å². The van der Waals surface area contributed by atoms with Gasteiger partial charge in [-0.2, -0.15) is 15.4 Å². The second-order valence-corrected chi connectivity index (χ2v) is 4.67. The van der Waals surface area contributed by atoms with Crippen LogP contribution in [0.5, 0.6) is 5.75 Å². The number of nitrogens with zero attached hydrogens (tertiary/aromatic N) is 2. The van der Waals surface area contributed by atoms with Crippen LogP contribution in [0.4, 0.5) is 0 Å². The highest BCUT2D eigenvalue weighted by Gasteiger charge is 2.16. The Morgan fingerprint density at radius 1 is 1.09 bits per heavy atom. The predicted octanol–water partition coefficient (Wildman–Crippen LogP) is 2.25. The van der Waals surface area contributed by atoms with Crippen LogP contribution >= 0.6 is 0 Å². The molecule has 0 aliphatic carbocycles. The predicted molar refractivity (Wildman–Crippen MR) is 82.3 cm³/mol. The number of hydrogen-bond acceptors (Lipinski definition) is 4. The SMILES string of the molecule is COc1ccccc1-c1cccc(-c2n[nH]nc2C(N)=O)c1. The highest BCUT2D eigenvalue weighted by atomic mass is 16.5. The molecule has 22 heavy (non-hydrogen) atoms. The molecular formula is C16H14N4O2. The number of methoxy groups -OCH3 is 1. The average Bonchev–Trinajstić information content (AvgIpc) is 3.05. The number of aromatic nitrogens is 3. The van der Waals surface area contributed by atoms with E-state index in [2.05, 4.69) is 15.4 Å². The van der Waals surface area contributed by atoms with Gasteiger partial charge in [0.1, 0.15) is 11.4 Å². The van der Waals surface area contributed by atoms with Gasteiger partial charge in [0.05, 0.1) is 7.11 Å². The summed E-state index contributed by atoms with van der Waals surface area (Å²) >= 11 is 0. The van der Waals surface area contributed by atoms with Crippen molar-refractivity contribution in [3.63, 3.8) is 0 Å². The smallest absolute Gasteiger partial charge is 0.271 e. The largest absolute Gasteiger partial charge is 0.496 e. The first kappa shape index (κ1) is 13.8. The standard InChI is InChI=1S/C16H14N4O2/c1-22-13-8-3-2-7-12(13)10-5-4-6-11(9-10)14-15(16(17)21)19-20-18-14/h2-9H,1H3,(H2,17,21)(H,18,19,20). The highest BCUT2D eigenvalue weighted by Crippen LogP contribution is 2.32. The minimum absolute atomic E-state index is 0.122. The summed E-state index contributed by atoms with van der Waals surface area (Å²) in [4.78, 5) is 11.4. The molecule has 0 radical (unpaired) electrons. The first-order valence-electron chi connectivity index (χ1n) is 6.65. The number of primary amides is 1. The Hall–Kier alpha value is -3.15. The summed E-state index contributed by atoms with van der Waals surface area (Å²) in [6.07, 6.45) is 0. The number of aromatic amines is 1. The molecule has 1 heterocycles. The summed E-state index contributed by atoms with van der Waals surface area (Å²) in [6, 6.07) is 15.3. The summed E-state index contributed by atoms with van der Waals surface area (Å²) in [6.45, 7) is 0. The molecule has 0 saturated carbocycles. The second-order valence-electron chi connectivity index (χ2n) is 4.67. The summed E-state index contributed by atoms with van der Waals surface area (Å²) < 4.78 is 5.38. The van der Waals surface area contributed by atoms with Crippen molar-refractivity contribution in [2.45, 2.75) is 0 Å². The maximum absolute atomic E-state index is 11.4. The van der Waals surface area contributed by atoms with Crippen molar-refractivity contribution < 1.29 is 9.53 Å². The molecule has 3 rings (SSSR count). The molecule has 110 valence electrons. The van der Waals surface area contributed by atoms with Crippen molar-refractivity contribution in [2.24, 2.45) is 5.73 Å². The van der Waals surface area contributed by atoms with Crippen molar-refractivity contribution in [3.8, 4) is 28.1 Å². The van der Waals surface area contributed by atoms with Crippen LogP contribution in [0, 0.1) is 0 Å². The molecule has 0 atom stereocenters. The van der Waals surface area contributed by atoms with E-state index in [-0.39, 0.29) is 5.69 Å². The van der Waals surface area contributed by atoms with Crippen molar-refractivity contribution in [2.75, 3.05) is 7.11 Å². The summed E-state index contributed by atoms with van der Waals surface area (Å²) in [7, 11) is 1.63. The number of carbonyl (C=O) groups is 1. The van der Waals surface area contributed by atoms with Crippen molar-refractivity contribution in [1.82, 2.24) is 15.4 Å². The Labute approximate surface area is 126 Å². The van der Waals surface area contributed by atoms with Gasteiger partial charge in [-0.05, 0) is 17.7 Å². The molecule has 6 nitrogen and oxygen atoms in total. The Balaban J connectivity index is 2.10. The molecule has 0 aliphatic rings. The molecule has 0 bridgehead atoms. The third-order valence-electron chi connectivity index (χ3n) is 3.34. The Morgan fingerprint density at radius 2 is 1.86 bits per heavy atom. The lowest BCUT2D eigenvalue weighted by molar-refractivity contribution is 0.0996. The lowest BCUT2D eigenvalue weighted by Crippen LogP contribution is -2.12. The molecule has 0 fully saturated rings. The van der Waals surface area contributed by atoms with Gasteiger partial charge in [-0.25, -0.2) is 0 Å². The molecule has 1 amide bonds. The van der Waals surface area contributed by atoms with E-state index >= 15 is 0 Å². The van der Waals surface area contributed by atoms with E-state index in [9.17, 15) is 4.79 Å². The van der Waals surface area contributed by atoms with Crippen molar-refractivity contribution in [1.29, 1.82) is 0 Å². The van der Waals surface area contributed by atoms with E-state index in [1.165, 1.54) is 0 Å². The van der Waals surface area contributed by atoms with Gasteiger partial charge in [0.15, 0.2) is 5.69 Å². The monoisotopic (exact) mass is 294 g/mol. The summed E-state index contributed by atoms with van der Waals surface area (Å²) in [5.74, 6) is 0.154. The van der Waals surface area contributed by atoms with Crippen LogP contribution in [-0.4, -0.2) is 28.4 Å². The van der Waals surface area contributed by atoms with Gasteiger partial charge < -0.3 is 10.5 Å². The van der Waals surface area contributed by atoms with Crippen molar-refractivity contribution >= 4 is 5.91 Å². The van der Waals surface area contributed by atoms with Crippen molar-refractivity contribution in [3.05, 3.63) is 54.2 Å². The normalized spacial score (nSPS) is 10.4. The lowest BCUT2D eigenvalue weighted by atomic mass is 10.0. The number of rotatable bonds is 4. The molecule has 6 heteroatoms. The van der Waals surface area contributed by atoms with Gasteiger partial charge in [0, 0.05) is 11.1 Å². The number of para-hydroxylation sites is 1. The van der Waals surface area contributed by atoms with Gasteiger partial charge in [-0.15, -0.1) is 0 Å². The minimum Gasteiger partial charge on any atom is -0.496 e. The topological polar surface area (TPSA) is 93.9 Å². The highest BCUT2D eigenvalue weighted by molar-refractivity contribution is 5.97. The molecule has 3 N–H and O–H groups in total. The molecule has 0 spiro atoms. The maximum Gasteiger partial charge on any atom is 0.271 e. The number of benzene rings is 2. The Bertz CT molecular complexity index is 826. The van der Waals surface area contributed by atoms with Gasteiger partial charge in [0.2, 0.25) is 0 Å². The van der Waals surface area contributed by atoms with Crippen LogP contribution < -0.4 is 10.5 Å². The number of nitrogens with two attached hydrogens (primary N) is 1. The quantitative estimate of drug-likeness (QED) is 0.771. The first-order chi connectivity index (χ1) is 10.7. The molecule has 2 aromatic carbocycles. The molecule has 0 unspecified atom stereocenters. The van der Waals surface area contributed by atoms with E-state index < -0.39 is 5.91 Å². The zero-order valence-corrected chi connectivity index (χ0v) is 11.9. The summed E-state index contributed by atoms with van der Waals surface area (Å²) in [5, 5.41) is 10.2. The average molecular weight is 294 g/mol. The lowest BCUT2D eigenvalue weighted by Gasteiger charge is -2.09. The minimum atomic E-state index is -0.619. The summed E-state index contributed by atoms with van der Waals surface area (Å²) in [5.41, 5.74) is 8.53. The Morgan fingerprint density at radius 3 is 2.64 bits per heavy atom. The van der Waals surface area contributed by atoms with Crippen LogP contribution in [0.15, 0.2) is 48.5 Å². The van der Waals surface area contributed by atoms with E-state index in [0.29, 0.717) is 5.69 Å². The van der Waals surface area contributed by atoms with Crippen LogP contribution in [0.1, 0.15) is 10.5 Å². The van der Waals surface area contributed by atoms with Gasteiger partial charge in [-0.1, -0.05) is 36.4 Å². The van der Waals surface area contributed by atoms with Gasteiger partial charge in [-0.3, -0.25) is 4.79 Å². The molecular weight excluding hydrogens is 280 g/mol. The third-order valence-corrected chi connectivity index (χ3v) is 3.34. The van der Waals surface area contributed by atoms with Crippen LogP contribution in [-0.2, 0) is 0 Å². The molecule has 3 aromatic rings. The number of H-pyrrole nitrogens is 1. The zero-order valence-electron chi connectivity index (χ0n) is 11.9.